The van der Waals surface area contributed by atoms with Gasteiger partial charge in [-0.25, -0.2) is 4.79 Å². The van der Waals surface area contributed by atoms with E-state index in [2.05, 4.69) is 10.6 Å². The molecule has 0 spiro atoms. The van der Waals surface area contributed by atoms with Crippen molar-refractivity contribution in [1.82, 2.24) is 5.32 Å². The fourth-order valence-electron chi connectivity index (χ4n) is 1.85. The molecule has 2 aromatic carbocycles. The lowest BCUT2D eigenvalue weighted by Gasteiger charge is -2.10. The van der Waals surface area contributed by atoms with Gasteiger partial charge in [0.1, 0.15) is 0 Å². The number of carboxylic acid groups (broad SMARTS) is 1. The normalized spacial score (nSPS) is 9.86. The first-order valence-corrected chi connectivity index (χ1v) is 6.89. The monoisotopic (exact) mass is 314 g/mol. The van der Waals surface area contributed by atoms with Crippen molar-refractivity contribution in [3.63, 3.8) is 0 Å². The highest BCUT2D eigenvalue weighted by atomic mass is 32.1. The van der Waals surface area contributed by atoms with Gasteiger partial charge in [-0.2, -0.15) is 0 Å². The second-order valence-corrected chi connectivity index (χ2v) is 5.07. The summed E-state index contributed by atoms with van der Waals surface area (Å²) >= 11 is 5.06. The van der Waals surface area contributed by atoms with Crippen molar-refractivity contribution >= 4 is 34.9 Å². The summed E-state index contributed by atoms with van der Waals surface area (Å²) in [4.78, 5) is 22.9. The SMILES string of the molecule is Cc1cccc(C(=O)NC(=S)Nc2cccc(C(=O)O)c2)c1. The molecule has 0 aliphatic carbocycles. The standard InChI is InChI=1S/C16H14N2O3S/c1-10-4-2-5-11(8-10)14(19)18-16(22)17-13-7-3-6-12(9-13)15(20)21/h2-9H,1H3,(H,20,21)(H2,17,18,19,22). The second-order valence-electron chi connectivity index (χ2n) is 4.66. The summed E-state index contributed by atoms with van der Waals surface area (Å²) in [6.45, 7) is 1.89. The Morgan fingerprint density at radius 2 is 1.73 bits per heavy atom. The molecule has 0 aliphatic heterocycles. The Morgan fingerprint density at radius 1 is 1.05 bits per heavy atom. The van der Waals surface area contributed by atoms with E-state index in [4.69, 9.17) is 17.3 Å². The molecule has 2 aromatic rings. The van der Waals surface area contributed by atoms with Crippen LogP contribution in [0.25, 0.3) is 0 Å². The molecule has 112 valence electrons. The van der Waals surface area contributed by atoms with Gasteiger partial charge in [0.15, 0.2) is 5.11 Å². The van der Waals surface area contributed by atoms with Gasteiger partial charge in [0, 0.05) is 11.3 Å². The van der Waals surface area contributed by atoms with Gasteiger partial charge in [-0.3, -0.25) is 10.1 Å². The maximum absolute atomic E-state index is 12.0. The molecule has 1 amide bonds. The molecule has 5 nitrogen and oxygen atoms in total. The molecule has 6 heteroatoms. The van der Waals surface area contributed by atoms with Crippen LogP contribution in [-0.4, -0.2) is 22.1 Å². The predicted molar refractivity (Wildman–Crippen MR) is 88.3 cm³/mol. The average Bonchev–Trinajstić information content (AvgIpc) is 2.47. The summed E-state index contributed by atoms with van der Waals surface area (Å²) in [6, 6.07) is 13.3. The van der Waals surface area contributed by atoms with E-state index in [-0.39, 0.29) is 16.6 Å². The molecule has 0 fully saturated rings. The number of hydrogen-bond acceptors (Lipinski definition) is 3. The first kappa shape index (κ1) is 15.7. The molecule has 0 radical (unpaired) electrons. The van der Waals surface area contributed by atoms with Gasteiger partial charge >= 0.3 is 5.97 Å². The van der Waals surface area contributed by atoms with Crippen molar-refractivity contribution in [1.29, 1.82) is 0 Å². The quantitative estimate of drug-likeness (QED) is 0.759. The van der Waals surface area contributed by atoms with E-state index in [1.165, 1.54) is 12.1 Å². The van der Waals surface area contributed by atoms with Crippen molar-refractivity contribution in [3.8, 4) is 0 Å². The average molecular weight is 314 g/mol. The number of hydrogen-bond donors (Lipinski definition) is 3. The van der Waals surface area contributed by atoms with Crippen LogP contribution in [0.5, 0.6) is 0 Å². The third-order valence-corrected chi connectivity index (χ3v) is 3.08. The van der Waals surface area contributed by atoms with E-state index in [0.29, 0.717) is 11.3 Å². The van der Waals surface area contributed by atoms with E-state index in [0.717, 1.165) is 5.56 Å². The number of benzene rings is 2. The van der Waals surface area contributed by atoms with Gasteiger partial charge in [-0.05, 0) is 49.5 Å². The topological polar surface area (TPSA) is 78.4 Å². The van der Waals surface area contributed by atoms with Crippen LogP contribution in [0.1, 0.15) is 26.3 Å². The van der Waals surface area contributed by atoms with Crippen molar-refractivity contribution in [2.75, 3.05) is 5.32 Å². The molecule has 0 saturated carbocycles. The molecule has 0 unspecified atom stereocenters. The maximum Gasteiger partial charge on any atom is 0.335 e. The van der Waals surface area contributed by atoms with Crippen molar-refractivity contribution in [3.05, 3.63) is 65.2 Å². The number of amides is 1. The van der Waals surface area contributed by atoms with E-state index >= 15 is 0 Å². The number of anilines is 1. The molecule has 0 bridgehead atoms. The van der Waals surface area contributed by atoms with Crippen LogP contribution >= 0.6 is 12.2 Å². The summed E-state index contributed by atoms with van der Waals surface area (Å²) in [5, 5.41) is 14.4. The largest absolute Gasteiger partial charge is 0.478 e. The van der Waals surface area contributed by atoms with Gasteiger partial charge in [-0.1, -0.05) is 23.8 Å². The maximum atomic E-state index is 12.0. The number of carboxylic acids is 1. The molecule has 3 N–H and O–H groups in total. The zero-order valence-electron chi connectivity index (χ0n) is 11.8. The van der Waals surface area contributed by atoms with E-state index in [1.807, 2.05) is 13.0 Å². The van der Waals surface area contributed by atoms with Crippen LogP contribution < -0.4 is 10.6 Å². The highest BCUT2D eigenvalue weighted by Crippen LogP contribution is 2.11. The lowest BCUT2D eigenvalue weighted by molar-refractivity contribution is 0.0696. The summed E-state index contributed by atoms with van der Waals surface area (Å²) in [5.41, 5.74) is 2.11. The van der Waals surface area contributed by atoms with Crippen LogP contribution in [0.3, 0.4) is 0 Å². The summed E-state index contributed by atoms with van der Waals surface area (Å²) in [5.74, 6) is -1.35. The Morgan fingerprint density at radius 3 is 2.41 bits per heavy atom. The number of rotatable bonds is 3. The minimum atomic E-state index is -1.03. The lowest BCUT2D eigenvalue weighted by Crippen LogP contribution is -2.34. The van der Waals surface area contributed by atoms with Crippen LogP contribution in [0, 0.1) is 6.92 Å². The molecular weight excluding hydrogens is 300 g/mol. The van der Waals surface area contributed by atoms with Crippen LogP contribution in [-0.2, 0) is 0 Å². The second kappa shape index (κ2) is 6.82. The molecule has 0 aliphatic rings. The van der Waals surface area contributed by atoms with Crippen molar-refractivity contribution in [2.24, 2.45) is 0 Å². The highest BCUT2D eigenvalue weighted by molar-refractivity contribution is 7.80. The minimum Gasteiger partial charge on any atom is -0.478 e. The predicted octanol–water partition coefficient (Wildman–Crippen LogP) is 2.82. The summed E-state index contributed by atoms with van der Waals surface area (Å²) < 4.78 is 0. The van der Waals surface area contributed by atoms with Crippen LogP contribution in [0.2, 0.25) is 0 Å². The summed E-state index contributed by atoms with van der Waals surface area (Å²) in [7, 11) is 0. The van der Waals surface area contributed by atoms with Gasteiger partial charge in [0.05, 0.1) is 5.56 Å². The Bertz CT molecular complexity index is 744. The summed E-state index contributed by atoms with van der Waals surface area (Å²) in [6.07, 6.45) is 0. The third-order valence-electron chi connectivity index (χ3n) is 2.87. The zero-order valence-corrected chi connectivity index (χ0v) is 12.6. The van der Waals surface area contributed by atoms with Gasteiger partial charge in [0.2, 0.25) is 0 Å². The molecule has 0 aromatic heterocycles. The highest BCUT2D eigenvalue weighted by Gasteiger charge is 2.09. The minimum absolute atomic E-state index is 0.106. The molecule has 0 saturated heterocycles. The number of carbonyl (C=O) groups excluding carboxylic acids is 1. The number of carbonyl (C=O) groups is 2. The Kier molecular flexibility index (Phi) is 4.85. The molecular formula is C16H14N2O3S. The van der Waals surface area contributed by atoms with E-state index < -0.39 is 5.97 Å². The molecule has 22 heavy (non-hydrogen) atoms. The number of thiocarbonyl (C=S) groups is 1. The Balaban J connectivity index is 2.02. The van der Waals surface area contributed by atoms with Gasteiger partial charge in [0.25, 0.3) is 5.91 Å². The van der Waals surface area contributed by atoms with Gasteiger partial charge in [-0.15, -0.1) is 0 Å². The van der Waals surface area contributed by atoms with Crippen molar-refractivity contribution in [2.45, 2.75) is 6.92 Å². The lowest BCUT2D eigenvalue weighted by atomic mass is 10.1. The van der Waals surface area contributed by atoms with Crippen LogP contribution in [0.4, 0.5) is 5.69 Å². The van der Waals surface area contributed by atoms with Gasteiger partial charge < -0.3 is 10.4 Å². The van der Waals surface area contributed by atoms with E-state index in [1.54, 1.807) is 30.3 Å². The smallest absolute Gasteiger partial charge is 0.335 e. The Labute approximate surface area is 133 Å². The number of aryl methyl sites for hydroxylation is 1. The first-order valence-electron chi connectivity index (χ1n) is 6.48. The fourth-order valence-corrected chi connectivity index (χ4v) is 2.06. The molecule has 0 atom stereocenters. The zero-order chi connectivity index (χ0) is 16.1. The van der Waals surface area contributed by atoms with E-state index in [9.17, 15) is 9.59 Å². The number of nitrogens with one attached hydrogen (secondary N) is 2. The Hall–Kier alpha value is -2.73. The first-order chi connectivity index (χ1) is 10.5. The fraction of sp³-hybridized carbons (Fsp3) is 0.0625. The van der Waals surface area contributed by atoms with Crippen molar-refractivity contribution < 1.29 is 14.7 Å². The number of aromatic carboxylic acids is 1. The van der Waals surface area contributed by atoms with Crippen LogP contribution in [0.15, 0.2) is 48.5 Å². The molecule has 0 heterocycles. The molecule has 2 rings (SSSR count). The third kappa shape index (κ3) is 4.13.